The summed E-state index contributed by atoms with van der Waals surface area (Å²) in [5.41, 5.74) is -0.245. The number of likely N-dealkylation sites (tertiary alicyclic amines) is 3. The van der Waals surface area contributed by atoms with Crippen molar-refractivity contribution >= 4 is 5.91 Å². The Morgan fingerprint density at radius 3 is 1.17 bits per heavy atom. The number of hydrogen-bond donors (Lipinski definition) is 5. The van der Waals surface area contributed by atoms with E-state index in [1.165, 1.54) is 104 Å². The van der Waals surface area contributed by atoms with Gasteiger partial charge in [0.05, 0.1) is 6.67 Å². The summed E-state index contributed by atoms with van der Waals surface area (Å²) in [6, 6.07) is 4.51. The number of rotatable bonds is 6. The second-order valence-electron chi connectivity index (χ2n) is 20.4. The van der Waals surface area contributed by atoms with Crippen LogP contribution < -0.4 is 26.6 Å². The molecule has 1 amide bonds. The Morgan fingerprint density at radius 2 is 0.915 bits per heavy atom. The SMILES string of the molecule is CC.CC.CC.CC.CC.CC.CC.CC(C)C1CCCC1.CC(C)C1CCNC1.CC(C)N1CC2CC1CN2.CC(C)N1CCC2(CC1)NCNC2=O.CC(C)N1CCCC1.CC(C)N1CCNCC1. The van der Waals surface area contributed by atoms with Gasteiger partial charge in [-0.05, 0) is 144 Å². The van der Waals surface area contributed by atoms with Crippen LogP contribution >= 0.6 is 0 Å². The summed E-state index contributed by atoms with van der Waals surface area (Å²) in [7, 11) is 0. The predicted octanol–water partition coefficient (Wildman–Crippen LogP) is 13.4. The molecule has 3 unspecified atom stereocenters. The van der Waals surface area contributed by atoms with Gasteiger partial charge in [-0.25, -0.2) is 0 Å². The average molecular weight is 1010 g/mol. The topological polar surface area (TPSA) is 90.2 Å². The zero-order valence-corrected chi connectivity index (χ0v) is 53.7. The molecule has 434 valence electrons. The first-order chi connectivity index (χ1) is 34.1. The minimum atomic E-state index is -0.245. The Morgan fingerprint density at radius 1 is 0.479 bits per heavy atom. The van der Waals surface area contributed by atoms with Crippen LogP contribution in [0.15, 0.2) is 0 Å². The lowest BCUT2D eigenvalue weighted by molar-refractivity contribution is -0.125. The molecule has 8 fully saturated rings. The van der Waals surface area contributed by atoms with Gasteiger partial charge in [0.25, 0.3) is 0 Å². The van der Waals surface area contributed by atoms with Crippen LogP contribution in [0.2, 0.25) is 0 Å². The van der Waals surface area contributed by atoms with Gasteiger partial charge in [-0.3, -0.25) is 19.9 Å². The van der Waals surface area contributed by atoms with Crippen molar-refractivity contribution in [3.8, 4) is 0 Å². The number of carbonyl (C=O) groups is 1. The number of hydrogen-bond acceptors (Lipinski definition) is 9. The van der Waals surface area contributed by atoms with Gasteiger partial charge in [0.2, 0.25) is 5.91 Å². The molecule has 10 heteroatoms. The van der Waals surface area contributed by atoms with Gasteiger partial charge in [-0.1, -0.05) is 150 Å². The number of carbonyl (C=O) groups excluding carboxylic acids is 1. The van der Waals surface area contributed by atoms with Crippen LogP contribution in [0.4, 0.5) is 0 Å². The molecule has 0 aromatic rings. The second-order valence-corrected chi connectivity index (χ2v) is 20.4. The summed E-state index contributed by atoms with van der Waals surface area (Å²) in [6.45, 7) is 70.5. The lowest BCUT2D eigenvalue weighted by Gasteiger charge is -2.39. The number of fused-ring (bicyclic) bond motifs is 2. The Bertz CT molecular complexity index is 991. The van der Waals surface area contributed by atoms with Crippen molar-refractivity contribution in [2.24, 2.45) is 23.7 Å². The lowest BCUT2D eigenvalue weighted by atomic mass is 9.87. The van der Waals surface area contributed by atoms with Gasteiger partial charge >= 0.3 is 0 Å². The summed E-state index contributed by atoms with van der Waals surface area (Å²) >= 11 is 0. The zero-order valence-electron chi connectivity index (χ0n) is 53.7. The third-order valence-electron chi connectivity index (χ3n) is 14.4. The van der Waals surface area contributed by atoms with Crippen LogP contribution in [0.5, 0.6) is 0 Å². The molecule has 1 aliphatic carbocycles. The number of nitrogens with zero attached hydrogens (tertiary/aromatic N) is 4. The van der Waals surface area contributed by atoms with Crippen LogP contribution in [0, 0.1) is 23.7 Å². The maximum Gasteiger partial charge on any atom is 0.241 e. The van der Waals surface area contributed by atoms with Crippen molar-refractivity contribution in [2.45, 2.75) is 286 Å². The van der Waals surface area contributed by atoms with Crippen LogP contribution in [0.1, 0.15) is 244 Å². The van der Waals surface area contributed by atoms with E-state index in [0.29, 0.717) is 12.7 Å². The zero-order chi connectivity index (χ0) is 56.0. The first-order valence-electron chi connectivity index (χ1n) is 31.3. The molecule has 3 atom stereocenters. The van der Waals surface area contributed by atoms with Crippen molar-refractivity contribution in [2.75, 3.05) is 85.2 Å². The Kier molecular flexibility index (Phi) is 58.5. The molecule has 1 spiro atoms. The molecule has 0 radical (unpaired) electrons. The van der Waals surface area contributed by atoms with Crippen LogP contribution in [0.3, 0.4) is 0 Å². The second kappa shape index (κ2) is 52.6. The molecule has 0 aromatic heterocycles. The van der Waals surface area contributed by atoms with Crippen molar-refractivity contribution in [3.63, 3.8) is 0 Å². The van der Waals surface area contributed by atoms with Crippen molar-refractivity contribution in [1.82, 2.24) is 46.2 Å². The molecular weight excluding hydrogens is 875 g/mol. The Balaban J connectivity index is -0.000000236. The van der Waals surface area contributed by atoms with E-state index in [4.69, 9.17) is 0 Å². The summed E-state index contributed by atoms with van der Waals surface area (Å²) in [6.07, 6.45) is 13.5. The number of amides is 1. The maximum absolute atomic E-state index is 11.6. The number of nitrogens with one attached hydrogen (secondary N) is 5. The Hall–Kier alpha value is -0.850. The van der Waals surface area contributed by atoms with Gasteiger partial charge in [0.1, 0.15) is 5.54 Å². The number of piperazine rings is 2. The standard InChI is InChI=1S/C10H19N3O.C8H16N2.C8H16.C7H16N2.2C7H15N.7C2H6/c1-8(2)13-5-3-10(4-6-13)9(14)11-7-12-10;1-6(2)10-5-7-3-8(10)4-9-7;1-7(2)8-5-3-4-6-8;1-7(2)9-5-3-8-4-6-9;1-6(2)7-3-4-8-5-7;1-7(2)8-5-3-4-6-8;7*1-2/h8,12H,3-7H2,1-2H3,(H,11,14);6-9H,3-5H2,1-2H3;7-8H,3-6H2,1-2H3;7-8H,3-6H2,1-2H3;6-8H,3-5H2,1-2H3;7H,3-6H2,1-2H3;7*1-2H3. The van der Waals surface area contributed by atoms with E-state index < -0.39 is 0 Å². The normalized spacial score (nSPS) is 23.0. The van der Waals surface area contributed by atoms with E-state index in [9.17, 15) is 4.79 Å². The minimum absolute atomic E-state index is 0.195. The van der Waals surface area contributed by atoms with Crippen LogP contribution in [-0.2, 0) is 4.79 Å². The van der Waals surface area contributed by atoms with Crippen molar-refractivity contribution < 1.29 is 4.79 Å². The Labute approximate surface area is 450 Å². The molecular formula is C61H139N9O. The van der Waals surface area contributed by atoms with Gasteiger partial charge < -0.3 is 31.1 Å². The summed E-state index contributed by atoms with van der Waals surface area (Å²) in [4.78, 5) is 21.7. The van der Waals surface area contributed by atoms with E-state index in [0.717, 1.165) is 92.9 Å². The van der Waals surface area contributed by atoms with E-state index >= 15 is 0 Å². The van der Waals surface area contributed by atoms with Crippen molar-refractivity contribution in [1.29, 1.82) is 0 Å². The number of piperidine rings is 1. The summed E-state index contributed by atoms with van der Waals surface area (Å²) in [5, 5.41) is 16.3. The van der Waals surface area contributed by atoms with Crippen LogP contribution in [0.25, 0.3) is 0 Å². The molecule has 7 aliphatic heterocycles. The minimum Gasteiger partial charge on any atom is -0.342 e. The largest absolute Gasteiger partial charge is 0.342 e. The molecule has 0 aromatic carbocycles. The summed E-state index contributed by atoms with van der Waals surface area (Å²) in [5.74, 6) is 4.04. The van der Waals surface area contributed by atoms with E-state index in [2.05, 4.69) is 129 Å². The van der Waals surface area contributed by atoms with Gasteiger partial charge in [0, 0.05) is 88.6 Å². The highest BCUT2D eigenvalue weighted by Gasteiger charge is 2.44. The van der Waals surface area contributed by atoms with Crippen LogP contribution in [-0.4, -0.2) is 153 Å². The first kappa shape index (κ1) is 79.0. The first-order valence-corrected chi connectivity index (χ1v) is 31.3. The predicted molar refractivity (Wildman–Crippen MR) is 324 cm³/mol. The average Bonchev–Trinajstić information content (AvgIpc) is 4.29. The van der Waals surface area contributed by atoms with Gasteiger partial charge in [-0.2, -0.15) is 0 Å². The fourth-order valence-corrected chi connectivity index (χ4v) is 9.92. The van der Waals surface area contributed by atoms with E-state index in [-0.39, 0.29) is 11.4 Å². The highest BCUT2D eigenvalue weighted by molar-refractivity contribution is 5.88. The molecule has 8 aliphatic rings. The molecule has 7 saturated heterocycles. The lowest BCUT2D eigenvalue weighted by Crippen LogP contribution is -2.55. The monoisotopic (exact) mass is 1010 g/mol. The maximum atomic E-state index is 11.6. The molecule has 5 N–H and O–H groups in total. The molecule has 71 heavy (non-hydrogen) atoms. The van der Waals surface area contributed by atoms with E-state index in [1.54, 1.807) is 0 Å². The molecule has 2 bridgehead atoms. The van der Waals surface area contributed by atoms with Crippen molar-refractivity contribution in [3.05, 3.63) is 0 Å². The fourth-order valence-electron chi connectivity index (χ4n) is 9.92. The summed E-state index contributed by atoms with van der Waals surface area (Å²) < 4.78 is 0. The smallest absolute Gasteiger partial charge is 0.241 e. The van der Waals surface area contributed by atoms with E-state index in [1.807, 2.05) is 96.9 Å². The third-order valence-corrected chi connectivity index (χ3v) is 14.4. The highest BCUT2D eigenvalue weighted by atomic mass is 16.2. The molecule has 1 saturated carbocycles. The molecule has 8 rings (SSSR count). The fraction of sp³-hybridized carbons (Fsp3) is 0.984. The molecule has 7 heterocycles. The van der Waals surface area contributed by atoms with Gasteiger partial charge in [0.15, 0.2) is 0 Å². The highest BCUT2D eigenvalue weighted by Crippen LogP contribution is 2.30. The third kappa shape index (κ3) is 35.2. The van der Waals surface area contributed by atoms with Gasteiger partial charge in [-0.15, -0.1) is 0 Å². The quantitative estimate of drug-likeness (QED) is 0.178. The molecule has 10 nitrogen and oxygen atoms in total.